The second-order valence-electron chi connectivity index (χ2n) is 7.87. The molecule has 0 radical (unpaired) electrons. The van der Waals surface area contributed by atoms with Crippen LogP contribution in [0.1, 0.15) is 77.6 Å². The standard InChI is InChI=1S/C23H41NO4/c1-2-17-28-22-18-21(26)19(13-9-6-7-11-15-23(24)27)20(22)14-10-5-3-4-8-12-16-25/h6,9-10,14,19-22,25-26H,2-5,7-8,11-13,15-18H2,1H3,(H2,24,27)/b9-6-,14-10?/t19?,20-,21+,22-/m1/s1. The summed E-state index contributed by atoms with van der Waals surface area (Å²) in [5, 5.41) is 19.4. The van der Waals surface area contributed by atoms with E-state index in [0.29, 0.717) is 12.8 Å². The Morgan fingerprint density at radius 1 is 1.11 bits per heavy atom. The second kappa shape index (κ2) is 15.7. The monoisotopic (exact) mass is 395 g/mol. The molecule has 0 aromatic rings. The van der Waals surface area contributed by atoms with Crippen molar-refractivity contribution in [2.75, 3.05) is 13.2 Å². The second-order valence-corrected chi connectivity index (χ2v) is 7.87. The Bertz CT molecular complexity index is 464. The SMILES string of the molecule is CCCO[C@@H]1C[C@H](O)C(C/C=C\CCCC(N)=O)[C@H]1C=CCCCCCCO. The minimum Gasteiger partial charge on any atom is -0.396 e. The highest BCUT2D eigenvalue weighted by Gasteiger charge is 2.40. The maximum absolute atomic E-state index is 10.8. The molecule has 0 spiro atoms. The predicted molar refractivity (Wildman–Crippen MR) is 114 cm³/mol. The van der Waals surface area contributed by atoms with E-state index in [1.165, 1.54) is 0 Å². The Morgan fingerprint density at radius 2 is 1.86 bits per heavy atom. The van der Waals surface area contributed by atoms with Gasteiger partial charge in [-0.25, -0.2) is 0 Å². The molecule has 5 heteroatoms. The number of carbonyl (C=O) groups is 1. The lowest BCUT2D eigenvalue weighted by atomic mass is 9.89. The van der Waals surface area contributed by atoms with Crippen LogP contribution in [0.3, 0.4) is 0 Å². The van der Waals surface area contributed by atoms with Gasteiger partial charge in [-0.1, -0.05) is 44.1 Å². The molecular weight excluding hydrogens is 354 g/mol. The molecule has 0 aromatic heterocycles. The zero-order valence-electron chi connectivity index (χ0n) is 17.6. The van der Waals surface area contributed by atoms with Gasteiger partial charge in [0.05, 0.1) is 12.2 Å². The first kappa shape index (κ1) is 24.9. The number of aliphatic hydroxyl groups excluding tert-OH is 2. The Hall–Kier alpha value is -1.17. The van der Waals surface area contributed by atoms with Crippen molar-refractivity contribution in [1.82, 2.24) is 0 Å². The van der Waals surface area contributed by atoms with Gasteiger partial charge in [-0.15, -0.1) is 0 Å². The Morgan fingerprint density at radius 3 is 2.57 bits per heavy atom. The molecule has 0 aliphatic heterocycles. The molecule has 0 bridgehead atoms. The van der Waals surface area contributed by atoms with Gasteiger partial charge in [0.15, 0.2) is 0 Å². The maximum atomic E-state index is 10.8. The number of allylic oxidation sites excluding steroid dienone is 3. The topological polar surface area (TPSA) is 92.8 Å². The van der Waals surface area contributed by atoms with Gasteiger partial charge in [0.1, 0.15) is 0 Å². The largest absolute Gasteiger partial charge is 0.396 e. The third kappa shape index (κ3) is 10.4. The van der Waals surface area contributed by atoms with Crippen LogP contribution in [-0.4, -0.2) is 41.5 Å². The first-order valence-corrected chi connectivity index (χ1v) is 11.1. The zero-order valence-corrected chi connectivity index (χ0v) is 17.6. The summed E-state index contributed by atoms with van der Waals surface area (Å²) in [7, 11) is 0. The molecule has 1 amide bonds. The predicted octanol–water partition coefficient (Wildman–Crippen LogP) is 3.88. The number of hydrogen-bond donors (Lipinski definition) is 3. The number of primary amides is 1. The molecule has 162 valence electrons. The molecule has 4 N–H and O–H groups in total. The van der Waals surface area contributed by atoms with E-state index in [1.54, 1.807) is 0 Å². The number of hydrogen-bond acceptors (Lipinski definition) is 4. The molecule has 5 nitrogen and oxygen atoms in total. The summed E-state index contributed by atoms with van der Waals surface area (Å²) < 4.78 is 6.03. The highest BCUT2D eigenvalue weighted by atomic mass is 16.5. The lowest BCUT2D eigenvalue weighted by Gasteiger charge is -2.22. The van der Waals surface area contributed by atoms with Crippen LogP contribution in [0.5, 0.6) is 0 Å². The average Bonchev–Trinajstić information content (AvgIpc) is 2.96. The van der Waals surface area contributed by atoms with Crippen molar-refractivity contribution < 1.29 is 19.7 Å². The first-order valence-electron chi connectivity index (χ1n) is 11.1. The fourth-order valence-electron chi connectivity index (χ4n) is 3.88. The summed E-state index contributed by atoms with van der Waals surface area (Å²) in [4.78, 5) is 10.8. The van der Waals surface area contributed by atoms with Crippen LogP contribution in [0.25, 0.3) is 0 Å². The van der Waals surface area contributed by atoms with Crippen LogP contribution in [0, 0.1) is 11.8 Å². The summed E-state index contributed by atoms with van der Waals surface area (Å²) in [6.45, 7) is 3.12. The van der Waals surface area contributed by atoms with Crippen LogP contribution in [0.2, 0.25) is 0 Å². The Kier molecular flexibility index (Phi) is 14.0. The Labute approximate surface area is 171 Å². The molecule has 1 unspecified atom stereocenters. The first-order chi connectivity index (χ1) is 13.6. The lowest BCUT2D eigenvalue weighted by Crippen LogP contribution is -2.22. The molecule has 1 rings (SSSR count). The minimum absolute atomic E-state index is 0.0915. The van der Waals surface area contributed by atoms with E-state index >= 15 is 0 Å². The number of unbranched alkanes of at least 4 members (excludes halogenated alkanes) is 5. The summed E-state index contributed by atoms with van der Waals surface area (Å²) in [5.74, 6) is 0.172. The van der Waals surface area contributed by atoms with Crippen molar-refractivity contribution >= 4 is 5.91 Å². The number of carbonyl (C=O) groups excluding carboxylic acids is 1. The van der Waals surface area contributed by atoms with Gasteiger partial charge in [-0.05, 0) is 50.9 Å². The van der Waals surface area contributed by atoms with Gasteiger partial charge in [-0.2, -0.15) is 0 Å². The van der Waals surface area contributed by atoms with Crippen LogP contribution in [0.15, 0.2) is 24.3 Å². The average molecular weight is 396 g/mol. The van der Waals surface area contributed by atoms with Crippen molar-refractivity contribution in [2.45, 2.75) is 89.8 Å². The van der Waals surface area contributed by atoms with Crippen LogP contribution in [0.4, 0.5) is 0 Å². The number of amides is 1. The van der Waals surface area contributed by atoms with E-state index in [1.807, 2.05) is 0 Å². The highest BCUT2D eigenvalue weighted by molar-refractivity contribution is 5.73. The number of nitrogens with two attached hydrogens (primary N) is 1. The number of ether oxygens (including phenoxy) is 1. The van der Waals surface area contributed by atoms with Crippen molar-refractivity contribution in [1.29, 1.82) is 0 Å². The normalized spacial score (nSPS) is 25.2. The molecule has 0 heterocycles. The molecule has 0 aromatic carbocycles. The fraction of sp³-hybridized carbons (Fsp3) is 0.783. The van der Waals surface area contributed by atoms with Crippen molar-refractivity contribution in [2.24, 2.45) is 17.6 Å². The van der Waals surface area contributed by atoms with E-state index in [2.05, 4.69) is 31.2 Å². The summed E-state index contributed by atoms with van der Waals surface area (Å²) in [6, 6.07) is 0. The van der Waals surface area contributed by atoms with Gasteiger partial charge < -0.3 is 20.7 Å². The summed E-state index contributed by atoms with van der Waals surface area (Å²) in [6.07, 6.45) is 18.3. The van der Waals surface area contributed by atoms with Gasteiger partial charge in [0.25, 0.3) is 0 Å². The van der Waals surface area contributed by atoms with Gasteiger partial charge in [0, 0.05) is 32.0 Å². The summed E-state index contributed by atoms with van der Waals surface area (Å²) in [5.41, 5.74) is 5.16. The van der Waals surface area contributed by atoms with Crippen molar-refractivity contribution in [3.05, 3.63) is 24.3 Å². The molecule has 28 heavy (non-hydrogen) atoms. The quantitative estimate of drug-likeness (QED) is 0.273. The van der Waals surface area contributed by atoms with E-state index in [4.69, 9.17) is 15.6 Å². The van der Waals surface area contributed by atoms with E-state index in [9.17, 15) is 9.90 Å². The van der Waals surface area contributed by atoms with Gasteiger partial charge in [-0.3, -0.25) is 4.79 Å². The third-order valence-electron chi connectivity index (χ3n) is 5.43. The third-order valence-corrected chi connectivity index (χ3v) is 5.43. The minimum atomic E-state index is -0.337. The maximum Gasteiger partial charge on any atom is 0.217 e. The van der Waals surface area contributed by atoms with Gasteiger partial charge in [0.2, 0.25) is 5.91 Å². The number of rotatable bonds is 16. The molecule has 4 atom stereocenters. The van der Waals surface area contributed by atoms with Crippen LogP contribution in [-0.2, 0) is 9.53 Å². The molecule has 1 aliphatic carbocycles. The zero-order chi connectivity index (χ0) is 20.6. The van der Waals surface area contributed by atoms with E-state index in [0.717, 1.165) is 64.4 Å². The van der Waals surface area contributed by atoms with Gasteiger partial charge >= 0.3 is 0 Å². The van der Waals surface area contributed by atoms with E-state index < -0.39 is 0 Å². The Balaban J connectivity index is 2.52. The van der Waals surface area contributed by atoms with Crippen LogP contribution >= 0.6 is 0 Å². The van der Waals surface area contributed by atoms with Crippen molar-refractivity contribution in [3.63, 3.8) is 0 Å². The van der Waals surface area contributed by atoms with E-state index in [-0.39, 0.29) is 36.6 Å². The smallest absolute Gasteiger partial charge is 0.217 e. The fourth-order valence-corrected chi connectivity index (χ4v) is 3.88. The summed E-state index contributed by atoms with van der Waals surface area (Å²) >= 11 is 0. The molecule has 1 saturated carbocycles. The molecule has 0 saturated heterocycles. The van der Waals surface area contributed by atoms with Crippen molar-refractivity contribution in [3.8, 4) is 0 Å². The van der Waals surface area contributed by atoms with Crippen LogP contribution < -0.4 is 5.73 Å². The lowest BCUT2D eigenvalue weighted by molar-refractivity contribution is -0.118. The molecule has 1 aliphatic rings. The molecular formula is C23H41NO4. The molecule has 1 fully saturated rings. The number of aliphatic hydroxyl groups is 2. The highest BCUT2D eigenvalue weighted by Crippen LogP contribution is 2.38.